The van der Waals surface area contributed by atoms with Gasteiger partial charge in [-0.3, -0.25) is 4.79 Å². The van der Waals surface area contributed by atoms with E-state index in [-0.39, 0.29) is 33.6 Å². The molecule has 1 unspecified atom stereocenters. The number of rotatable bonds is 6. The van der Waals surface area contributed by atoms with Crippen molar-refractivity contribution in [3.63, 3.8) is 0 Å². The Balaban J connectivity index is 1.63. The number of esters is 1. The van der Waals surface area contributed by atoms with Gasteiger partial charge in [0.05, 0.1) is 39.4 Å². The van der Waals surface area contributed by atoms with Crippen LogP contribution in [-0.4, -0.2) is 57.0 Å². The number of hydrogen-bond acceptors (Lipinski definition) is 6. The SMILES string of the molecule is CC(OC(=O)c1ccc(S(=O)(=O)N2CCOCC2)cc1)C(=O)Nc1cccc(Cl)c1Cl. The van der Waals surface area contributed by atoms with E-state index >= 15 is 0 Å². The van der Waals surface area contributed by atoms with Gasteiger partial charge in [0, 0.05) is 13.1 Å². The minimum absolute atomic E-state index is 0.0624. The Labute approximate surface area is 190 Å². The Morgan fingerprint density at radius 2 is 1.74 bits per heavy atom. The molecule has 166 valence electrons. The molecule has 2 aromatic rings. The number of benzene rings is 2. The molecule has 31 heavy (non-hydrogen) atoms. The van der Waals surface area contributed by atoms with Crippen molar-refractivity contribution in [3.05, 3.63) is 58.1 Å². The van der Waals surface area contributed by atoms with E-state index in [2.05, 4.69) is 5.32 Å². The lowest BCUT2D eigenvalue weighted by molar-refractivity contribution is -0.123. The van der Waals surface area contributed by atoms with Crippen LogP contribution in [0.1, 0.15) is 17.3 Å². The third kappa shape index (κ3) is 5.55. The molecule has 0 radical (unpaired) electrons. The second-order valence-corrected chi connectivity index (χ2v) is 9.40. The number of anilines is 1. The van der Waals surface area contributed by atoms with Crippen LogP contribution >= 0.6 is 23.2 Å². The summed E-state index contributed by atoms with van der Waals surface area (Å²) in [6.07, 6.45) is -1.13. The summed E-state index contributed by atoms with van der Waals surface area (Å²) in [4.78, 5) is 24.8. The minimum atomic E-state index is -3.67. The molecule has 3 rings (SSSR count). The molecular formula is C20H20Cl2N2O6S. The zero-order chi connectivity index (χ0) is 22.6. The number of halogens is 2. The summed E-state index contributed by atoms with van der Waals surface area (Å²) in [5.41, 5.74) is 0.404. The van der Waals surface area contributed by atoms with Crippen LogP contribution < -0.4 is 5.32 Å². The predicted octanol–water partition coefficient (Wildman–Crippen LogP) is 3.20. The first-order chi connectivity index (χ1) is 14.7. The third-order valence-corrected chi connectivity index (χ3v) is 7.29. The molecule has 0 bridgehead atoms. The summed E-state index contributed by atoms with van der Waals surface area (Å²) in [5.74, 6) is -1.36. The van der Waals surface area contributed by atoms with E-state index in [1.54, 1.807) is 18.2 Å². The highest BCUT2D eigenvalue weighted by atomic mass is 35.5. The summed E-state index contributed by atoms with van der Waals surface area (Å²) in [6.45, 7) is 2.63. The number of morpholine rings is 1. The molecule has 1 fully saturated rings. The van der Waals surface area contributed by atoms with Crippen LogP contribution in [-0.2, 0) is 24.3 Å². The second kappa shape index (κ2) is 9.97. The standard InChI is InChI=1S/C20H20Cl2N2O6S/c1-13(19(25)23-17-4-2-3-16(21)18(17)22)30-20(26)14-5-7-15(8-6-14)31(27,28)24-9-11-29-12-10-24/h2-8,13H,9-12H2,1H3,(H,23,25). The quantitative estimate of drug-likeness (QED) is 0.628. The number of sulfonamides is 1. The Bertz CT molecular complexity index is 1070. The normalized spacial score (nSPS) is 15.8. The molecule has 1 amide bonds. The van der Waals surface area contributed by atoms with Crippen molar-refractivity contribution in [1.29, 1.82) is 0 Å². The largest absolute Gasteiger partial charge is 0.449 e. The van der Waals surface area contributed by atoms with Gasteiger partial charge < -0.3 is 14.8 Å². The number of carbonyl (C=O) groups is 2. The van der Waals surface area contributed by atoms with Crippen molar-refractivity contribution in [3.8, 4) is 0 Å². The molecular weight excluding hydrogens is 467 g/mol. The van der Waals surface area contributed by atoms with Crippen LogP contribution in [0.2, 0.25) is 10.0 Å². The van der Waals surface area contributed by atoms with Crippen molar-refractivity contribution in [2.45, 2.75) is 17.9 Å². The number of nitrogens with zero attached hydrogens (tertiary/aromatic N) is 1. The highest BCUT2D eigenvalue weighted by molar-refractivity contribution is 7.89. The van der Waals surface area contributed by atoms with E-state index in [0.29, 0.717) is 18.9 Å². The third-order valence-electron chi connectivity index (χ3n) is 4.56. The van der Waals surface area contributed by atoms with Gasteiger partial charge in [0.25, 0.3) is 5.91 Å². The Hall–Kier alpha value is -2.17. The van der Waals surface area contributed by atoms with Crippen molar-refractivity contribution < 1.29 is 27.5 Å². The molecule has 11 heteroatoms. The Morgan fingerprint density at radius 1 is 1.10 bits per heavy atom. The van der Waals surface area contributed by atoms with E-state index in [1.165, 1.54) is 35.5 Å². The fraction of sp³-hybridized carbons (Fsp3) is 0.300. The molecule has 2 aromatic carbocycles. The van der Waals surface area contributed by atoms with E-state index < -0.39 is 28.0 Å². The minimum Gasteiger partial charge on any atom is -0.449 e. The zero-order valence-corrected chi connectivity index (χ0v) is 18.8. The lowest BCUT2D eigenvalue weighted by Crippen LogP contribution is -2.40. The van der Waals surface area contributed by atoms with Gasteiger partial charge in [-0.2, -0.15) is 4.31 Å². The average Bonchev–Trinajstić information content (AvgIpc) is 2.77. The molecule has 1 saturated heterocycles. The smallest absolute Gasteiger partial charge is 0.338 e. The Morgan fingerprint density at radius 3 is 2.39 bits per heavy atom. The lowest BCUT2D eigenvalue weighted by Gasteiger charge is -2.26. The van der Waals surface area contributed by atoms with Gasteiger partial charge in [-0.25, -0.2) is 13.2 Å². The summed E-state index contributed by atoms with van der Waals surface area (Å²) < 4.78 is 37.0. The van der Waals surface area contributed by atoms with Crippen molar-refractivity contribution in [2.75, 3.05) is 31.6 Å². The summed E-state index contributed by atoms with van der Waals surface area (Å²) in [7, 11) is -3.67. The topological polar surface area (TPSA) is 102 Å². The molecule has 8 nitrogen and oxygen atoms in total. The summed E-state index contributed by atoms with van der Waals surface area (Å²) in [5, 5.41) is 2.99. The van der Waals surface area contributed by atoms with Crippen molar-refractivity contribution in [2.24, 2.45) is 0 Å². The fourth-order valence-corrected chi connectivity index (χ4v) is 4.57. The second-order valence-electron chi connectivity index (χ2n) is 6.68. The molecule has 1 atom stereocenters. The monoisotopic (exact) mass is 486 g/mol. The van der Waals surface area contributed by atoms with E-state index in [0.717, 1.165) is 0 Å². The van der Waals surface area contributed by atoms with Crippen LogP contribution in [0.25, 0.3) is 0 Å². The van der Waals surface area contributed by atoms with Gasteiger partial charge in [0.1, 0.15) is 0 Å². The molecule has 1 aliphatic heterocycles. The first-order valence-corrected chi connectivity index (χ1v) is 11.5. The zero-order valence-electron chi connectivity index (χ0n) is 16.5. The van der Waals surface area contributed by atoms with Crippen molar-refractivity contribution in [1.82, 2.24) is 4.31 Å². The predicted molar refractivity (Wildman–Crippen MR) is 116 cm³/mol. The molecule has 1 heterocycles. The van der Waals surface area contributed by atoms with Crippen LogP contribution in [0.5, 0.6) is 0 Å². The van der Waals surface area contributed by atoms with Gasteiger partial charge in [-0.1, -0.05) is 29.3 Å². The highest BCUT2D eigenvalue weighted by Crippen LogP contribution is 2.29. The van der Waals surface area contributed by atoms with Crippen LogP contribution in [0.15, 0.2) is 47.4 Å². The average molecular weight is 487 g/mol. The molecule has 1 N–H and O–H groups in total. The molecule has 0 aromatic heterocycles. The van der Waals surface area contributed by atoms with Gasteiger partial charge in [-0.05, 0) is 43.3 Å². The number of ether oxygens (including phenoxy) is 2. The number of nitrogens with one attached hydrogen (secondary N) is 1. The van der Waals surface area contributed by atoms with E-state index in [9.17, 15) is 18.0 Å². The van der Waals surface area contributed by atoms with Crippen LogP contribution in [0.4, 0.5) is 5.69 Å². The summed E-state index contributed by atoms with van der Waals surface area (Å²) >= 11 is 12.0. The molecule has 0 aliphatic carbocycles. The van der Waals surface area contributed by atoms with Crippen LogP contribution in [0.3, 0.4) is 0 Å². The summed E-state index contributed by atoms with van der Waals surface area (Å²) in [6, 6.07) is 10.1. The van der Waals surface area contributed by atoms with Gasteiger partial charge in [0.15, 0.2) is 6.10 Å². The first-order valence-electron chi connectivity index (χ1n) is 9.34. The number of carbonyl (C=O) groups excluding carboxylic acids is 2. The highest BCUT2D eigenvalue weighted by Gasteiger charge is 2.27. The van der Waals surface area contributed by atoms with Gasteiger partial charge in [0.2, 0.25) is 10.0 Å². The van der Waals surface area contributed by atoms with Crippen molar-refractivity contribution >= 4 is 50.8 Å². The Kier molecular flexibility index (Phi) is 7.55. The first kappa shape index (κ1) is 23.5. The molecule has 1 aliphatic rings. The molecule has 0 spiro atoms. The maximum Gasteiger partial charge on any atom is 0.338 e. The number of hydrogen-bond donors (Lipinski definition) is 1. The van der Waals surface area contributed by atoms with Crippen LogP contribution in [0, 0.1) is 0 Å². The van der Waals surface area contributed by atoms with Gasteiger partial charge >= 0.3 is 5.97 Å². The number of amides is 1. The fourth-order valence-electron chi connectivity index (χ4n) is 2.82. The molecule has 0 saturated carbocycles. The lowest BCUT2D eigenvalue weighted by atomic mass is 10.2. The maximum atomic E-state index is 12.6. The van der Waals surface area contributed by atoms with E-state index in [1.807, 2.05) is 0 Å². The van der Waals surface area contributed by atoms with Gasteiger partial charge in [-0.15, -0.1) is 0 Å². The van der Waals surface area contributed by atoms with E-state index in [4.69, 9.17) is 32.7 Å². The maximum absolute atomic E-state index is 12.6.